The second-order valence-corrected chi connectivity index (χ2v) is 12.6. The molecule has 0 spiro atoms. The molecule has 42 heavy (non-hydrogen) atoms. The van der Waals surface area contributed by atoms with E-state index in [1.807, 2.05) is 26.1 Å². The predicted molar refractivity (Wildman–Crippen MR) is 168 cm³/mol. The van der Waals surface area contributed by atoms with E-state index in [4.69, 9.17) is 9.72 Å². The molecule has 3 unspecified atom stereocenters. The van der Waals surface area contributed by atoms with E-state index in [0.29, 0.717) is 18.2 Å². The second-order valence-electron chi connectivity index (χ2n) is 12.6. The highest BCUT2D eigenvalue weighted by atomic mass is 16.5. The molecule has 0 bridgehead atoms. The van der Waals surface area contributed by atoms with Crippen LogP contribution in [0.1, 0.15) is 80.9 Å². The van der Waals surface area contributed by atoms with Gasteiger partial charge in [0.05, 0.1) is 11.6 Å². The Morgan fingerprint density at radius 3 is 2.55 bits per heavy atom. The van der Waals surface area contributed by atoms with Crippen LogP contribution in [0.2, 0.25) is 0 Å². The minimum absolute atomic E-state index is 0.0279. The number of benzene rings is 1. The van der Waals surface area contributed by atoms with Crippen LogP contribution >= 0.6 is 0 Å². The van der Waals surface area contributed by atoms with Crippen LogP contribution in [0, 0.1) is 18.8 Å². The molecular formula is C34H49N5O3. The Morgan fingerprint density at radius 1 is 1.12 bits per heavy atom. The molecule has 1 aromatic heterocycles. The van der Waals surface area contributed by atoms with Gasteiger partial charge in [-0.05, 0) is 101 Å². The molecule has 3 atom stereocenters. The van der Waals surface area contributed by atoms with Crippen LogP contribution in [0.4, 0.5) is 5.69 Å². The molecule has 0 aliphatic carbocycles. The van der Waals surface area contributed by atoms with Crippen molar-refractivity contribution in [2.45, 2.75) is 84.8 Å². The van der Waals surface area contributed by atoms with E-state index >= 15 is 0 Å². The summed E-state index contributed by atoms with van der Waals surface area (Å²) in [5.41, 5.74) is 5.78. The predicted octanol–water partition coefficient (Wildman–Crippen LogP) is 4.94. The molecular weight excluding hydrogens is 526 g/mol. The van der Waals surface area contributed by atoms with Gasteiger partial charge in [-0.3, -0.25) is 19.5 Å². The van der Waals surface area contributed by atoms with E-state index in [1.54, 1.807) is 0 Å². The Balaban J connectivity index is 1.42. The third-order valence-electron chi connectivity index (χ3n) is 9.52. The fraction of sp³-hybridized carbons (Fsp3) is 0.618. The number of anilines is 1. The van der Waals surface area contributed by atoms with Crippen molar-refractivity contribution in [2.75, 3.05) is 44.3 Å². The molecule has 0 radical (unpaired) electrons. The van der Waals surface area contributed by atoms with Crippen molar-refractivity contribution in [3.05, 3.63) is 47.3 Å². The number of amides is 2. The zero-order chi connectivity index (χ0) is 29.6. The highest BCUT2D eigenvalue weighted by molar-refractivity contribution is 5.99. The SMILES string of the molecule is CCN(c1cc(-c2ccc(CN3CCCCC3)nc2)cc(C(=O)NCC2C(=O)NC(C)CC2C)c1C)C1CCOCC1. The molecule has 1 aromatic carbocycles. The van der Waals surface area contributed by atoms with Gasteiger partial charge in [0.25, 0.3) is 5.91 Å². The van der Waals surface area contributed by atoms with Gasteiger partial charge in [0.2, 0.25) is 5.91 Å². The third-order valence-corrected chi connectivity index (χ3v) is 9.52. The molecule has 5 rings (SSSR count). The van der Waals surface area contributed by atoms with Crippen LogP contribution in [0.5, 0.6) is 0 Å². The smallest absolute Gasteiger partial charge is 0.251 e. The van der Waals surface area contributed by atoms with Crippen molar-refractivity contribution in [1.29, 1.82) is 0 Å². The average molecular weight is 576 g/mol. The summed E-state index contributed by atoms with van der Waals surface area (Å²) in [4.78, 5) is 36.2. The number of carbonyl (C=O) groups is 2. The van der Waals surface area contributed by atoms with Gasteiger partial charge >= 0.3 is 0 Å². The van der Waals surface area contributed by atoms with Gasteiger partial charge in [-0.25, -0.2) is 0 Å². The quantitative estimate of drug-likeness (QED) is 0.441. The molecule has 3 fully saturated rings. The third kappa shape index (κ3) is 7.14. The number of rotatable bonds is 9. The summed E-state index contributed by atoms with van der Waals surface area (Å²) in [6.07, 6.45) is 8.66. The van der Waals surface area contributed by atoms with Crippen LogP contribution in [0.15, 0.2) is 30.5 Å². The first-order valence-corrected chi connectivity index (χ1v) is 16.1. The van der Waals surface area contributed by atoms with E-state index < -0.39 is 0 Å². The number of likely N-dealkylation sites (tertiary alicyclic amines) is 1. The Bertz CT molecular complexity index is 1220. The number of aromatic nitrogens is 1. The first-order valence-electron chi connectivity index (χ1n) is 16.1. The van der Waals surface area contributed by atoms with Crippen LogP contribution in [0.3, 0.4) is 0 Å². The zero-order valence-electron chi connectivity index (χ0n) is 26.0. The van der Waals surface area contributed by atoms with Crippen molar-refractivity contribution in [3.8, 4) is 11.1 Å². The summed E-state index contributed by atoms with van der Waals surface area (Å²) >= 11 is 0. The second kappa shape index (κ2) is 14.0. The highest BCUT2D eigenvalue weighted by Crippen LogP contribution is 2.34. The molecule has 2 amide bonds. The molecule has 4 heterocycles. The summed E-state index contributed by atoms with van der Waals surface area (Å²) in [6, 6.07) is 9.04. The fourth-order valence-electron chi connectivity index (χ4n) is 7.04. The number of hydrogen-bond acceptors (Lipinski definition) is 6. The van der Waals surface area contributed by atoms with Crippen LogP contribution in [-0.2, 0) is 16.1 Å². The normalized spacial score (nSPS) is 23.8. The van der Waals surface area contributed by atoms with Crippen molar-refractivity contribution in [3.63, 3.8) is 0 Å². The van der Waals surface area contributed by atoms with Gasteiger partial charge < -0.3 is 20.3 Å². The number of nitrogens with zero attached hydrogens (tertiary/aromatic N) is 3. The Morgan fingerprint density at radius 2 is 1.88 bits per heavy atom. The lowest BCUT2D eigenvalue weighted by Gasteiger charge is -2.37. The van der Waals surface area contributed by atoms with E-state index in [1.165, 1.54) is 19.3 Å². The molecule has 2 aromatic rings. The first kappa shape index (κ1) is 30.5. The molecule has 3 aliphatic heterocycles. The summed E-state index contributed by atoms with van der Waals surface area (Å²) in [5, 5.41) is 6.17. The van der Waals surface area contributed by atoms with Gasteiger partial charge in [0, 0.05) is 67.9 Å². The lowest BCUT2D eigenvalue weighted by molar-refractivity contribution is -0.129. The van der Waals surface area contributed by atoms with Crippen molar-refractivity contribution >= 4 is 17.5 Å². The maximum atomic E-state index is 13.8. The number of piperidine rings is 2. The van der Waals surface area contributed by atoms with E-state index in [2.05, 4.69) is 52.5 Å². The number of carbonyl (C=O) groups excluding carboxylic acids is 2. The van der Waals surface area contributed by atoms with Gasteiger partial charge in [0.15, 0.2) is 0 Å². The molecule has 0 saturated carbocycles. The molecule has 3 aliphatic rings. The van der Waals surface area contributed by atoms with E-state index in [-0.39, 0.29) is 29.7 Å². The monoisotopic (exact) mass is 575 g/mol. The Labute approximate surface area is 251 Å². The summed E-state index contributed by atoms with van der Waals surface area (Å²) in [5.74, 6) is -0.109. The molecule has 3 saturated heterocycles. The average Bonchev–Trinajstić information content (AvgIpc) is 2.99. The van der Waals surface area contributed by atoms with Gasteiger partial charge in [0.1, 0.15) is 0 Å². The molecule has 8 nitrogen and oxygen atoms in total. The van der Waals surface area contributed by atoms with Crippen LogP contribution < -0.4 is 15.5 Å². The molecule has 8 heteroatoms. The summed E-state index contributed by atoms with van der Waals surface area (Å²) < 4.78 is 5.66. The van der Waals surface area contributed by atoms with Gasteiger partial charge in [-0.2, -0.15) is 0 Å². The lowest BCUT2D eigenvalue weighted by Crippen LogP contribution is -2.50. The Hall–Kier alpha value is -2.97. The van der Waals surface area contributed by atoms with Crippen LogP contribution in [-0.4, -0.2) is 73.2 Å². The number of pyridine rings is 1. The van der Waals surface area contributed by atoms with Crippen molar-refractivity contribution < 1.29 is 14.3 Å². The lowest BCUT2D eigenvalue weighted by atomic mass is 9.84. The number of ether oxygens (including phenoxy) is 1. The van der Waals surface area contributed by atoms with Crippen LogP contribution in [0.25, 0.3) is 11.1 Å². The van der Waals surface area contributed by atoms with Crippen molar-refractivity contribution in [1.82, 2.24) is 20.5 Å². The first-order chi connectivity index (χ1) is 20.3. The standard InChI is InChI=1S/C34H49N5O3/c1-5-39(29-11-15-42-16-12-29)32-19-27(26-9-10-28(35-20-26)22-38-13-7-6-8-14-38)18-30(25(32)4)33(40)36-21-31-23(2)17-24(3)37-34(31)41/h9-10,18-20,23-24,29,31H,5-8,11-17,21-22H2,1-4H3,(H,36,40)(H,37,41). The highest BCUT2D eigenvalue weighted by Gasteiger charge is 2.33. The minimum atomic E-state index is -0.223. The molecule has 228 valence electrons. The van der Waals surface area contributed by atoms with Gasteiger partial charge in [-0.1, -0.05) is 19.4 Å². The summed E-state index contributed by atoms with van der Waals surface area (Å²) in [7, 11) is 0. The maximum absolute atomic E-state index is 13.8. The van der Waals surface area contributed by atoms with Gasteiger partial charge in [-0.15, -0.1) is 0 Å². The molecule has 2 N–H and O–H groups in total. The minimum Gasteiger partial charge on any atom is -0.381 e. The number of nitrogens with one attached hydrogen (secondary N) is 2. The van der Waals surface area contributed by atoms with E-state index in [0.717, 1.165) is 86.7 Å². The largest absolute Gasteiger partial charge is 0.381 e. The topological polar surface area (TPSA) is 86.8 Å². The maximum Gasteiger partial charge on any atom is 0.251 e. The Kier molecular flexibility index (Phi) is 10.2. The zero-order valence-corrected chi connectivity index (χ0v) is 26.0. The van der Waals surface area contributed by atoms with E-state index in [9.17, 15) is 9.59 Å². The number of hydrogen-bond donors (Lipinski definition) is 2. The summed E-state index contributed by atoms with van der Waals surface area (Å²) in [6.45, 7) is 14.2. The fourth-order valence-corrected chi connectivity index (χ4v) is 7.04. The van der Waals surface area contributed by atoms with Crippen molar-refractivity contribution in [2.24, 2.45) is 11.8 Å².